The van der Waals surface area contributed by atoms with Crippen molar-refractivity contribution in [3.05, 3.63) is 29.7 Å². The summed E-state index contributed by atoms with van der Waals surface area (Å²) in [6, 6.07) is 2.92. The molecule has 3 N–H and O–H groups in total. The highest BCUT2D eigenvalue weighted by molar-refractivity contribution is 5.89. The molecule has 0 amide bonds. The second-order valence-electron chi connectivity index (χ2n) is 4.34. The van der Waals surface area contributed by atoms with Gasteiger partial charge in [0.1, 0.15) is 0 Å². The third kappa shape index (κ3) is 1.88. The number of hydrogen-bond donors (Lipinski definition) is 3. The molecule has 0 aliphatic carbocycles. The number of halogens is 1. The Morgan fingerprint density at radius 2 is 2.12 bits per heavy atom. The fraction of sp³-hybridized carbons (Fsp3) is 0.333. The third-order valence-electron chi connectivity index (χ3n) is 2.75. The largest absolute Gasteiger partial charge is 0.504 e. The molecule has 2 aromatic rings. The second-order valence-corrected chi connectivity index (χ2v) is 4.34. The molecule has 0 bridgehead atoms. The first-order valence-electron chi connectivity index (χ1n) is 5.36. The first-order chi connectivity index (χ1) is 7.59. The number of phenolic OH excluding ortho intramolecular Hbond substituents is 1. The summed E-state index contributed by atoms with van der Waals surface area (Å²) in [5.74, 6) is -0.812. The topological polar surface area (TPSA) is 40.5 Å². The molecule has 1 aromatic heterocycles. The van der Waals surface area contributed by atoms with Crippen molar-refractivity contribution < 1.29 is 14.4 Å². The maximum atomic E-state index is 13.2. The van der Waals surface area contributed by atoms with Gasteiger partial charge in [0.15, 0.2) is 11.6 Å². The third-order valence-corrected chi connectivity index (χ3v) is 2.75. The van der Waals surface area contributed by atoms with Crippen molar-refractivity contribution in [2.45, 2.75) is 6.42 Å². The molecule has 0 atom stereocenters. The first-order valence-corrected chi connectivity index (χ1v) is 5.36. The number of fused-ring (bicyclic) bond motifs is 1. The summed E-state index contributed by atoms with van der Waals surface area (Å²) in [6.45, 7) is 0.947. The summed E-state index contributed by atoms with van der Waals surface area (Å²) < 4.78 is 13.2. The van der Waals surface area contributed by atoms with Crippen LogP contribution in [0.15, 0.2) is 18.3 Å². The van der Waals surface area contributed by atoms with Gasteiger partial charge in [-0.05, 0) is 17.7 Å². The number of aromatic hydroxyl groups is 1. The Kier molecular flexibility index (Phi) is 2.83. The van der Waals surface area contributed by atoms with E-state index in [-0.39, 0.29) is 5.75 Å². The lowest BCUT2D eigenvalue weighted by Gasteiger charge is -2.06. The van der Waals surface area contributed by atoms with Gasteiger partial charge in [0, 0.05) is 23.5 Å². The molecule has 1 heterocycles. The molecule has 4 heteroatoms. The van der Waals surface area contributed by atoms with E-state index in [1.54, 1.807) is 6.07 Å². The molecule has 1 aromatic carbocycles. The number of rotatable bonds is 3. The minimum atomic E-state index is -0.564. The summed E-state index contributed by atoms with van der Waals surface area (Å²) in [6.07, 6.45) is 2.66. The Morgan fingerprint density at radius 1 is 1.38 bits per heavy atom. The lowest BCUT2D eigenvalue weighted by atomic mass is 10.1. The van der Waals surface area contributed by atoms with Crippen LogP contribution in [0, 0.1) is 5.82 Å². The van der Waals surface area contributed by atoms with Crippen molar-refractivity contribution in [1.29, 1.82) is 0 Å². The van der Waals surface area contributed by atoms with E-state index in [1.165, 1.54) is 11.0 Å². The highest BCUT2D eigenvalue weighted by atomic mass is 19.1. The predicted molar refractivity (Wildman–Crippen MR) is 61.3 cm³/mol. The van der Waals surface area contributed by atoms with E-state index in [0.717, 1.165) is 24.0 Å². The van der Waals surface area contributed by atoms with Gasteiger partial charge < -0.3 is 15.0 Å². The van der Waals surface area contributed by atoms with Gasteiger partial charge in [-0.3, -0.25) is 0 Å². The van der Waals surface area contributed by atoms with Crippen LogP contribution in [0.5, 0.6) is 5.75 Å². The van der Waals surface area contributed by atoms with Crippen LogP contribution in [0.25, 0.3) is 10.9 Å². The standard InChI is InChI=1S/C12H15FN2O/c1-15(2)6-5-8-7-14-10-4-3-9(13)12(16)11(8)10/h3-4,7,14,16H,5-6H2,1-2H3/p+1. The van der Waals surface area contributed by atoms with Crippen LogP contribution in [0.3, 0.4) is 0 Å². The number of benzene rings is 1. The number of nitrogens with one attached hydrogen (secondary N) is 2. The van der Waals surface area contributed by atoms with Crippen molar-refractivity contribution in [3.8, 4) is 5.75 Å². The lowest BCUT2D eigenvalue weighted by molar-refractivity contribution is -0.858. The SMILES string of the molecule is C[NH+](C)CCc1c[nH]c2ccc(F)c(O)c12. The molecule has 16 heavy (non-hydrogen) atoms. The minimum Gasteiger partial charge on any atom is -0.504 e. The van der Waals surface area contributed by atoms with Crippen LogP contribution in [0.2, 0.25) is 0 Å². The Hall–Kier alpha value is -1.55. The highest BCUT2D eigenvalue weighted by Crippen LogP contribution is 2.30. The first kappa shape index (κ1) is 11.0. The maximum absolute atomic E-state index is 13.2. The van der Waals surface area contributed by atoms with Gasteiger partial charge in [0.05, 0.1) is 20.6 Å². The van der Waals surface area contributed by atoms with Gasteiger partial charge in [0.25, 0.3) is 0 Å². The zero-order chi connectivity index (χ0) is 11.7. The monoisotopic (exact) mass is 223 g/mol. The summed E-state index contributed by atoms with van der Waals surface area (Å²) in [4.78, 5) is 4.37. The van der Waals surface area contributed by atoms with Crippen molar-refractivity contribution in [2.24, 2.45) is 0 Å². The smallest absolute Gasteiger partial charge is 0.165 e. The molecule has 2 rings (SSSR count). The molecule has 0 unspecified atom stereocenters. The van der Waals surface area contributed by atoms with Crippen LogP contribution in [0.4, 0.5) is 4.39 Å². The van der Waals surface area contributed by atoms with Gasteiger partial charge in [-0.1, -0.05) is 0 Å². The van der Waals surface area contributed by atoms with E-state index in [9.17, 15) is 9.50 Å². The van der Waals surface area contributed by atoms with Gasteiger partial charge >= 0.3 is 0 Å². The summed E-state index contributed by atoms with van der Waals surface area (Å²) in [5, 5.41) is 10.3. The molecule has 0 saturated carbocycles. The van der Waals surface area contributed by atoms with Crippen molar-refractivity contribution in [1.82, 2.24) is 4.98 Å². The van der Waals surface area contributed by atoms with Gasteiger partial charge in [-0.25, -0.2) is 4.39 Å². The number of aromatic amines is 1. The number of phenols is 1. The Morgan fingerprint density at radius 3 is 2.81 bits per heavy atom. The number of quaternary nitrogens is 1. The van der Waals surface area contributed by atoms with Crippen molar-refractivity contribution in [2.75, 3.05) is 20.6 Å². The lowest BCUT2D eigenvalue weighted by Crippen LogP contribution is -3.05. The number of aromatic nitrogens is 1. The normalized spacial score (nSPS) is 11.5. The number of likely N-dealkylation sites (N-methyl/N-ethyl adjacent to an activating group) is 1. The molecule has 0 saturated heterocycles. The molecule has 0 radical (unpaired) electrons. The molecule has 0 fully saturated rings. The van der Waals surface area contributed by atoms with Crippen molar-refractivity contribution >= 4 is 10.9 Å². The van der Waals surface area contributed by atoms with E-state index in [2.05, 4.69) is 19.1 Å². The fourth-order valence-corrected chi connectivity index (χ4v) is 1.83. The van der Waals surface area contributed by atoms with Crippen LogP contribution in [0.1, 0.15) is 5.56 Å². The average Bonchev–Trinajstić information content (AvgIpc) is 2.64. The second kappa shape index (κ2) is 4.14. The van der Waals surface area contributed by atoms with Crippen molar-refractivity contribution in [3.63, 3.8) is 0 Å². The number of hydrogen-bond acceptors (Lipinski definition) is 1. The van der Waals surface area contributed by atoms with Gasteiger partial charge in [-0.15, -0.1) is 0 Å². The molecule has 0 aliphatic rings. The predicted octanol–water partition coefficient (Wildman–Crippen LogP) is 0.700. The quantitative estimate of drug-likeness (QED) is 0.704. The maximum Gasteiger partial charge on any atom is 0.165 e. The van der Waals surface area contributed by atoms with E-state index in [1.807, 2.05) is 6.20 Å². The summed E-state index contributed by atoms with van der Waals surface area (Å²) >= 11 is 0. The molecule has 86 valence electrons. The van der Waals surface area contributed by atoms with Gasteiger partial charge in [0.2, 0.25) is 0 Å². The molecule has 3 nitrogen and oxygen atoms in total. The molecular formula is C12H16FN2O+. The Bertz CT molecular complexity index is 505. The van der Waals surface area contributed by atoms with E-state index >= 15 is 0 Å². The van der Waals surface area contributed by atoms with E-state index in [4.69, 9.17) is 0 Å². The number of H-pyrrole nitrogens is 1. The van der Waals surface area contributed by atoms with Crippen LogP contribution in [-0.2, 0) is 6.42 Å². The molecule has 0 spiro atoms. The molecule has 0 aliphatic heterocycles. The Labute approximate surface area is 93.5 Å². The Balaban J connectivity index is 2.42. The van der Waals surface area contributed by atoms with Gasteiger partial charge in [-0.2, -0.15) is 0 Å². The van der Waals surface area contributed by atoms with E-state index < -0.39 is 5.82 Å². The zero-order valence-corrected chi connectivity index (χ0v) is 9.47. The summed E-state index contributed by atoms with van der Waals surface area (Å²) in [7, 11) is 4.13. The molecular weight excluding hydrogens is 207 g/mol. The summed E-state index contributed by atoms with van der Waals surface area (Å²) in [5.41, 5.74) is 1.75. The fourth-order valence-electron chi connectivity index (χ4n) is 1.83. The van der Waals surface area contributed by atoms with Crippen LogP contribution >= 0.6 is 0 Å². The van der Waals surface area contributed by atoms with Crippen LogP contribution < -0.4 is 4.90 Å². The average molecular weight is 223 g/mol. The highest BCUT2D eigenvalue weighted by Gasteiger charge is 2.12. The zero-order valence-electron chi connectivity index (χ0n) is 9.47. The van der Waals surface area contributed by atoms with Crippen LogP contribution in [-0.4, -0.2) is 30.7 Å². The van der Waals surface area contributed by atoms with E-state index in [0.29, 0.717) is 5.39 Å². The minimum absolute atomic E-state index is 0.248.